The summed E-state index contributed by atoms with van der Waals surface area (Å²) in [5.41, 5.74) is 11.2. The summed E-state index contributed by atoms with van der Waals surface area (Å²) in [5, 5.41) is 2.56. The lowest BCUT2D eigenvalue weighted by Crippen LogP contribution is -2.57. The molecule has 0 atom stereocenters. The zero-order chi connectivity index (χ0) is 25.8. The topological polar surface area (TPSA) is 8.17 Å². The third kappa shape index (κ3) is 3.37. The van der Waals surface area contributed by atoms with Crippen LogP contribution in [-0.4, -0.2) is 11.4 Å². The largest absolute Gasteiger partial charge is 0.376 e. The van der Waals surface area contributed by atoms with Crippen LogP contribution in [-0.2, 0) is 0 Å². The smallest absolute Gasteiger partial charge is 0.328 e. The molecule has 3 heteroatoms. The second kappa shape index (κ2) is 8.78. The zero-order valence-electron chi connectivity index (χ0n) is 21.4. The molecule has 0 spiro atoms. The van der Waals surface area contributed by atoms with Crippen molar-refractivity contribution < 1.29 is 0 Å². The van der Waals surface area contributed by atoms with Gasteiger partial charge < -0.3 is 9.38 Å². The van der Waals surface area contributed by atoms with E-state index in [1.54, 1.807) is 0 Å². The molecule has 0 fully saturated rings. The van der Waals surface area contributed by atoms with Crippen LogP contribution in [0.25, 0.3) is 38.6 Å². The fraction of sp³-hybridized carbons (Fsp3) is 0. The summed E-state index contributed by atoms with van der Waals surface area (Å²) in [6, 6.07) is 54.9. The average Bonchev–Trinajstić information content (AvgIpc) is 3.35. The highest BCUT2D eigenvalue weighted by atomic mass is 15.1. The van der Waals surface area contributed by atoms with Crippen LogP contribution in [0, 0.1) is 0 Å². The van der Waals surface area contributed by atoms with E-state index in [9.17, 15) is 0 Å². The van der Waals surface area contributed by atoms with E-state index in [1.165, 1.54) is 60.9 Å². The molecule has 0 aliphatic carbocycles. The molecule has 1 aromatic heterocycles. The summed E-state index contributed by atoms with van der Waals surface area (Å²) in [6.45, 7) is 0.0800. The zero-order valence-corrected chi connectivity index (χ0v) is 21.4. The summed E-state index contributed by atoms with van der Waals surface area (Å²) >= 11 is 0. The van der Waals surface area contributed by atoms with Crippen molar-refractivity contribution >= 4 is 51.0 Å². The Hall–Kier alpha value is -5.02. The van der Waals surface area contributed by atoms with Crippen LogP contribution < -0.4 is 15.7 Å². The minimum atomic E-state index is 0.0800. The molecule has 0 saturated heterocycles. The second-order valence-corrected chi connectivity index (χ2v) is 10.2. The van der Waals surface area contributed by atoms with Gasteiger partial charge in [-0.15, -0.1) is 0 Å². The number of hydrogen-bond donors (Lipinski definition) is 0. The van der Waals surface area contributed by atoms with Crippen LogP contribution in [0.15, 0.2) is 152 Å². The molecule has 8 rings (SSSR count). The Kier molecular flexibility index (Phi) is 4.96. The number of aromatic nitrogens is 1. The molecule has 0 unspecified atom stereocenters. The van der Waals surface area contributed by atoms with Gasteiger partial charge in [0.2, 0.25) is 0 Å². The first-order valence-electron chi connectivity index (χ1n) is 13.5. The quantitative estimate of drug-likeness (QED) is 0.228. The molecule has 1 aliphatic heterocycles. The van der Waals surface area contributed by atoms with Crippen molar-refractivity contribution in [1.82, 2.24) is 4.57 Å². The number of rotatable bonds is 3. The minimum Gasteiger partial charge on any atom is -0.376 e. The van der Waals surface area contributed by atoms with Gasteiger partial charge >= 0.3 is 6.85 Å². The van der Waals surface area contributed by atoms with E-state index in [0.717, 1.165) is 0 Å². The molecule has 0 saturated carbocycles. The third-order valence-electron chi connectivity index (χ3n) is 8.03. The van der Waals surface area contributed by atoms with Crippen molar-refractivity contribution in [2.45, 2.75) is 0 Å². The van der Waals surface area contributed by atoms with Crippen LogP contribution in [0.3, 0.4) is 0 Å². The minimum absolute atomic E-state index is 0.0800. The monoisotopic (exact) mass is 496 g/mol. The number of hydrogen-bond acceptors (Lipinski definition) is 1. The fourth-order valence-corrected chi connectivity index (χ4v) is 6.39. The van der Waals surface area contributed by atoms with Gasteiger partial charge in [-0.2, -0.15) is 0 Å². The van der Waals surface area contributed by atoms with Crippen LogP contribution in [0.4, 0.5) is 11.4 Å². The van der Waals surface area contributed by atoms with Crippen LogP contribution >= 0.6 is 0 Å². The summed E-state index contributed by atoms with van der Waals surface area (Å²) in [7, 11) is 0. The number of fused-ring (bicyclic) bond motifs is 6. The van der Waals surface area contributed by atoms with E-state index >= 15 is 0 Å². The standard InChI is InChI=1S/C36H25BN2/c1-3-13-26(14-4-1)37-33-20-10-7-17-29(33)32-25-28(23-24-36(32)39(37)27-15-5-2-6-16-27)38-34-21-11-8-18-30(34)31-19-9-12-22-35(31)38/h1-25H. The molecule has 2 nitrogen and oxygen atoms in total. The van der Waals surface area contributed by atoms with Gasteiger partial charge in [0, 0.05) is 33.4 Å². The number of nitrogens with zero attached hydrogens (tertiary/aromatic N) is 2. The number of para-hydroxylation sites is 3. The maximum Gasteiger partial charge on any atom is 0.328 e. The molecule has 1 aliphatic rings. The molecule has 2 heterocycles. The predicted octanol–water partition coefficient (Wildman–Crippen LogP) is 7.71. The van der Waals surface area contributed by atoms with Crippen LogP contribution in [0.5, 0.6) is 0 Å². The van der Waals surface area contributed by atoms with Gasteiger partial charge in [-0.25, -0.2) is 0 Å². The SMILES string of the molecule is c1ccc(B2c3ccccc3-c3cc(-n4c5ccccc5c5ccccc54)ccc3N2c2ccccc2)cc1. The van der Waals surface area contributed by atoms with Gasteiger partial charge in [-0.1, -0.05) is 115 Å². The molecule has 182 valence electrons. The summed E-state index contributed by atoms with van der Waals surface area (Å²) in [6.07, 6.45) is 0. The first-order chi connectivity index (χ1) is 19.4. The molecule has 0 radical (unpaired) electrons. The predicted molar refractivity (Wildman–Crippen MR) is 166 cm³/mol. The summed E-state index contributed by atoms with van der Waals surface area (Å²) in [4.78, 5) is 2.50. The van der Waals surface area contributed by atoms with Crippen molar-refractivity contribution in [3.05, 3.63) is 152 Å². The lowest BCUT2D eigenvalue weighted by Gasteiger charge is -2.39. The van der Waals surface area contributed by atoms with Gasteiger partial charge in [0.25, 0.3) is 0 Å². The molecule has 0 bridgehead atoms. The Labute approximate surface area is 228 Å². The number of anilines is 2. The highest BCUT2D eigenvalue weighted by molar-refractivity contribution is 6.90. The third-order valence-corrected chi connectivity index (χ3v) is 8.03. The Balaban J connectivity index is 1.42. The maximum absolute atomic E-state index is 2.50. The van der Waals surface area contributed by atoms with Crippen LogP contribution in [0.2, 0.25) is 0 Å². The maximum atomic E-state index is 2.50. The lowest BCUT2D eigenvalue weighted by molar-refractivity contribution is 1.18. The van der Waals surface area contributed by atoms with Crippen molar-refractivity contribution in [3.8, 4) is 16.8 Å². The summed E-state index contributed by atoms with van der Waals surface area (Å²) in [5.74, 6) is 0. The molecular formula is C36H25BN2. The summed E-state index contributed by atoms with van der Waals surface area (Å²) < 4.78 is 2.41. The highest BCUT2D eigenvalue weighted by Crippen LogP contribution is 2.42. The van der Waals surface area contributed by atoms with Gasteiger partial charge in [0.1, 0.15) is 0 Å². The fourth-order valence-electron chi connectivity index (χ4n) is 6.39. The second-order valence-electron chi connectivity index (χ2n) is 10.2. The van der Waals surface area contributed by atoms with Crippen molar-refractivity contribution in [1.29, 1.82) is 0 Å². The molecular weight excluding hydrogens is 471 g/mol. The van der Waals surface area contributed by atoms with E-state index in [4.69, 9.17) is 0 Å². The van der Waals surface area contributed by atoms with Gasteiger partial charge in [0.15, 0.2) is 0 Å². The van der Waals surface area contributed by atoms with Crippen molar-refractivity contribution in [2.75, 3.05) is 4.81 Å². The first-order valence-corrected chi connectivity index (χ1v) is 13.5. The molecule has 0 amide bonds. The van der Waals surface area contributed by atoms with Gasteiger partial charge in [-0.3, -0.25) is 0 Å². The first kappa shape index (κ1) is 22.0. The van der Waals surface area contributed by atoms with E-state index in [1.807, 2.05) is 0 Å². The van der Waals surface area contributed by atoms with E-state index in [2.05, 4.69) is 161 Å². The molecule has 7 aromatic rings. The molecule has 6 aromatic carbocycles. The van der Waals surface area contributed by atoms with Gasteiger partial charge in [0.05, 0.1) is 11.0 Å². The Morgan fingerprint density at radius 1 is 0.436 bits per heavy atom. The Morgan fingerprint density at radius 3 is 1.74 bits per heavy atom. The van der Waals surface area contributed by atoms with Crippen molar-refractivity contribution in [3.63, 3.8) is 0 Å². The normalized spacial score (nSPS) is 12.5. The van der Waals surface area contributed by atoms with E-state index in [0.29, 0.717) is 0 Å². The van der Waals surface area contributed by atoms with Crippen molar-refractivity contribution in [2.24, 2.45) is 0 Å². The van der Waals surface area contributed by atoms with Crippen LogP contribution in [0.1, 0.15) is 0 Å². The Bertz CT molecular complexity index is 1920. The van der Waals surface area contributed by atoms with Gasteiger partial charge in [-0.05, 0) is 53.5 Å². The molecule has 0 N–H and O–H groups in total. The van der Waals surface area contributed by atoms with E-state index < -0.39 is 0 Å². The highest BCUT2D eigenvalue weighted by Gasteiger charge is 2.37. The lowest BCUT2D eigenvalue weighted by atomic mass is 9.46. The van der Waals surface area contributed by atoms with E-state index in [-0.39, 0.29) is 6.85 Å². The number of benzene rings is 6. The average molecular weight is 496 g/mol. The Morgan fingerprint density at radius 2 is 1.03 bits per heavy atom. The molecule has 39 heavy (non-hydrogen) atoms.